The largest absolute Gasteiger partial charge is 0.445 e. The van der Waals surface area contributed by atoms with Gasteiger partial charge in [-0.1, -0.05) is 42.5 Å². The Kier molecular flexibility index (Phi) is 8.21. The third kappa shape index (κ3) is 6.73. The fourth-order valence-corrected chi connectivity index (χ4v) is 5.21. The highest BCUT2D eigenvalue weighted by Crippen LogP contribution is 2.37. The molecule has 5 rings (SSSR count). The third-order valence-corrected chi connectivity index (χ3v) is 7.75. The number of alkyl halides is 3. The minimum Gasteiger partial charge on any atom is -0.445 e. The summed E-state index contributed by atoms with van der Waals surface area (Å²) in [5, 5.41) is 8.23. The molecule has 0 aliphatic carbocycles. The Balaban J connectivity index is 1.42. The van der Waals surface area contributed by atoms with Gasteiger partial charge >= 0.3 is 12.3 Å². The van der Waals surface area contributed by atoms with Crippen LogP contribution in [0, 0.1) is 0 Å². The number of carbonyl (C=O) groups excluding carboxylic acids is 1. The van der Waals surface area contributed by atoms with Gasteiger partial charge in [-0.25, -0.2) is 23.2 Å². The van der Waals surface area contributed by atoms with E-state index in [1.807, 2.05) is 30.3 Å². The van der Waals surface area contributed by atoms with Gasteiger partial charge in [0, 0.05) is 42.6 Å². The standard InChI is InChI=1S/C29H26F3N5O4S/c1-42(39,40)27-33-13-10-24(34-27)23-17-25(35-36-26(23)21-8-5-9-22(16-21)29(30,31)32)20-11-14-37(15-12-20)28(38)41-18-19-6-3-2-4-7-19/h2-10,13,16-17,20H,11-12,14-15,18H2,1H3. The molecule has 1 amide bonds. The summed E-state index contributed by atoms with van der Waals surface area (Å²) in [6.45, 7) is 0.993. The molecule has 0 N–H and O–H groups in total. The summed E-state index contributed by atoms with van der Waals surface area (Å²) in [4.78, 5) is 22.2. The van der Waals surface area contributed by atoms with Gasteiger partial charge in [0.15, 0.2) is 0 Å². The fourth-order valence-electron chi connectivity index (χ4n) is 4.70. The number of carbonyl (C=O) groups is 1. The monoisotopic (exact) mass is 597 g/mol. The van der Waals surface area contributed by atoms with Crippen molar-refractivity contribution in [3.8, 4) is 22.5 Å². The molecule has 1 fully saturated rings. The first-order chi connectivity index (χ1) is 20.0. The van der Waals surface area contributed by atoms with E-state index < -0.39 is 32.8 Å². The van der Waals surface area contributed by atoms with Gasteiger partial charge in [-0.2, -0.15) is 18.3 Å². The van der Waals surface area contributed by atoms with Crippen molar-refractivity contribution in [1.29, 1.82) is 0 Å². The van der Waals surface area contributed by atoms with Crippen LogP contribution in [0.15, 0.2) is 78.1 Å². The van der Waals surface area contributed by atoms with Crippen LogP contribution in [0.25, 0.3) is 22.5 Å². The van der Waals surface area contributed by atoms with Crippen LogP contribution in [0.2, 0.25) is 0 Å². The minimum absolute atomic E-state index is 0.110. The molecule has 0 radical (unpaired) electrons. The number of sulfone groups is 1. The van der Waals surface area contributed by atoms with E-state index in [0.717, 1.165) is 24.0 Å². The normalized spacial score (nSPS) is 14.5. The number of ether oxygens (including phenoxy) is 1. The maximum atomic E-state index is 13.5. The van der Waals surface area contributed by atoms with Crippen molar-refractivity contribution in [2.75, 3.05) is 19.3 Å². The molecular weight excluding hydrogens is 571 g/mol. The Hall–Kier alpha value is -4.39. The smallest absolute Gasteiger partial charge is 0.416 e. The molecule has 218 valence electrons. The van der Waals surface area contributed by atoms with Crippen molar-refractivity contribution in [3.63, 3.8) is 0 Å². The van der Waals surface area contributed by atoms with Crippen LogP contribution < -0.4 is 0 Å². The number of likely N-dealkylation sites (tertiary alicyclic amines) is 1. The number of amides is 1. The predicted molar refractivity (Wildman–Crippen MR) is 147 cm³/mol. The van der Waals surface area contributed by atoms with Gasteiger partial charge in [0.25, 0.3) is 0 Å². The SMILES string of the molecule is CS(=O)(=O)c1nccc(-c2cc(C3CCN(C(=O)OCc4ccccc4)CC3)nnc2-c2cccc(C(F)(F)F)c2)n1. The van der Waals surface area contributed by atoms with Crippen LogP contribution >= 0.6 is 0 Å². The van der Waals surface area contributed by atoms with Crippen LogP contribution in [-0.4, -0.2) is 58.9 Å². The molecule has 0 saturated carbocycles. The van der Waals surface area contributed by atoms with E-state index >= 15 is 0 Å². The van der Waals surface area contributed by atoms with Crippen LogP contribution in [0.4, 0.5) is 18.0 Å². The maximum absolute atomic E-state index is 13.5. The molecule has 3 heterocycles. The number of hydrogen-bond acceptors (Lipinski definition) is 8. The van der Waals surface area contributed by atoms with E-state index in [1.165, 1.54) is 24.4 Å². The van der Waals surface area contributed by atoms with Gasteiger partial charge in [0.2, 0.25) is 15.0 Å². The van der Waals surface area contributed by atoms with Crippen LogP contribution in [0.5, 0.6) is 0 Å². The number of halogens is 3. The first kappa shape index (κ1) is 29.1. The quantitative estimate of drug-likeness (QED) is 0.266. The van der Waals surface area contributed by atoms with Crippen molar-refractivity contribution >= 4 is 15.9 Å². The molecule has 2 aromatic heterocycles. The molecule has 0 unspecified atom stereocenters. The number of nitrogens with zero attached hydrogens (tertiary/aromatic N) is 5. The van der Waals surface area contributed by atoms with Crippen LogP contribution in [-0.2, 0) is 27.4 Å². The zero-order chi connectivity index (χ0) is 29.9. The van der Waals surface area contributed by atoms with Gasteiger partial charge in [-0.15, -0.1) is 5.10 Å². The second kappa shape index (κ2) is 11.8. The fraction of sp³-hybridized carbons (Fsp3) is 0.276. The second-order valence-electron chi connectivity index (χ2n) is 9.91. The molecule has 2 aromatic carbocycles. The molecule has 42 heavy (non-hydrogen) atoms. The molecule has 13 heteroatoms. The lowest BCUT2D eigenvalue weighted by molar-refractivity contribution is -0.137. The first-order valence-corrected chi connectivity index (χ1v) is 14.9. The average molecular weight is 598 g/mol. The van der Waals surface area contributed by atoms with E-state index in [-0.39, 0.29) is 29.5 Å². The summed E-state index contributed by atoms with van der Waals surface area (Å²) in [5.41, 5.74) is 1.33. The van der Waals surface area contributed by atoms with Crippen molar-refractivity contribution in [3.05, 3.63) is 89.7 Å². The molecule has 0 spiro atoms. The zero-order valence-corrected chi connectivity index (χ0v) is 23.3. The number of benzene rings is 2. The van der Waals surface area contributed by atoms with Crippen molar-refractivity contribution < 1.29 is 31.1 Å². The number of rotatable bonds is 6. The van der Waals surface area contributed by atoms with Crippen molar-refractivity contribution in [1.82, 2.24) is 25.1 Å². The molecule has 1 aliphatic heterocycles. The highest BCUT2D eigenvalue weighted by Gasteiger charge is 2.31. The summed E-state index contributed by atoms with van der Waals surface area (Å²) >= 11 is 0. The lowest BCUT2D eigenvalue weighted by atomic mass is 9.91. The topological polar surface area (TPSA) is 115 Å². The Morgan fingerprint density at radius 2 is 1.74 bits per heavy atom. The highest BCUT2D eigenvalue weighted by molar-refractivity contribution is 7.90. The van der Waals surface area contributed by atoms with Gasteiger partial charge in [-0.3, -0.25) is 0 Å². The molecule has 9 nitrogen and oxygen atoms in total. The molecule has 0 bridgehead atoms. The van der Waals surface area contributed by atoms with E-state index in [1.54, 1.807) is 11.0 Å². The Morgan fingerprint density at radius 3 is 2.43 bits per heavy atom. The zero-order valence-electron chi connectivity index (χ0n) is 22.5. The number of piperidine rings is 1. The van der Waals surface area contributed by atoms with Crippen LogP contribution in [0.3, 0.4) is 0 Å². The van der Waals surface area contributed by atoms with E-state index in [0.29, 0.717) is 37.2 Å². The van der Waals surface area contributed by atoms with E-state index in [2.05, 4.69) is 20.2 Å². The summed E-state index contributed by atoms with van der Waals surface area (Å²) < 4.78 is 70.1. The maximum Gasteiger partial charge on any atom is 0.416 e. The second-order valence-corrected chi connectivity index (χ2v) is 11.8. The molecular formula is C29H26F3N5O4S. The van der Waals surface area contributed by atoms with Crippen molar-refractivity contribution in [2.45, 2.75) is 36.7 Å². The number of hydrogen-bond donors (Lipinski definition) is 0. The lowest BCUT2D eigenvalue weighted by Gasteiger charge is -2.31. The third-order valence-electron chi connectivity index (χ3n) is 6.89. The molecule has 1 aliphatic rings. The van der Waals surface area contributed by atoms with E-state index in [4.69, 9.17) is 4.74 Å². The minimum atomic E-state index is -4.57. The molecule has 1 saturated heterocycles. The Labute approximate surface area is 240 Å². The summed E-state index contributed by atoms with van der Waals surface area (Å²) in [6, 6.07) is 17.2. The lowest BCUT2D eigenvalue weighted by Crippen LogP contribution is -2.38. The van der Waals surface area contributed by atoms with Crippen LogP contribution in [0.1, 0.15) is 35.6 Å². The first-order valence-electron chi connectivity index (χ1n) is 13.0. The predicted octanol–water partition coefficient (Wildman–Crippen LogP) is 5.54. The average Bonchev–Trinajstić information content (AvgIpc) is 2.99. The summed E-state index contributed by atoms with van der Waals surface area (Å²) in [7, 11) is -3.76. The highest BCUT2D eigenvalue weighted by atomic mass is 32.2. The molecule has 0 atom stereocenters. The number of aromatic nitrogens is 4. The van der Waals surface area contributed by atoms with Gasteiger partial charge in [-0.05, 0) is 42.7 Å². The van der Waals surface area contributed by atoms with Gasteiger partial charge in [0.05, 0.1) is 17.0 Å². The summed E-state index contributed by atoms with van der Waals surface area (Å²) in [5.74, 6) is -0.110. The summed E-state index contributed by atoms with van der Waals surface area (Å²) in [6.07, 6.45) is -1.65. The van der Waals surface area contributed by atoms with Gasteiger partial charge < -0.3 is 9.64 Å². The van der Waals surface area contributed by atoms with Crippen molar-refractivity contribution in [2.24, 2.45) is 0 Å². The van der Waals surface area contributed by atoms with Gasteiger partial charge in [0.1, 0.15) is 12.3 Å². The Bertz CT molecular complexity index is 1690. The van der Waals surface area contributed by atoms with E-state index in [9.17, 15) is 26.4 Å². The molecule has 4 aromatic rings. The Morgan fingerprint density at radius 1 is 1.00 bits per heavy atom.